The molecule has 2 heterocycles. The third-order valence-corrected chi connectivity index (χ3v) is 4.52. The molecule has 6 heteroatoms. The van der Waals surface area contributed by atoms with E-state index < -0.39 is 0 Å². The third kappa shape index (κ3) is 3.16. The molecule has 3 rings (SSSR count). The number of methoxy groups -OCH3 is 1. The number of halogens is 1. The zero-order valence-electron chi connectivity index (χ0n) is 13.3. The second-order valence-electron chi connectivity index (χ2n) is 5.73. The molecule has 0 aliphatic carbocycles. The minimum atomic E-state index is 0.00575. The molecule has 1 aliphatic heterocycles. The topological polar surface area (TPSA) is 57.4 Å². The van der Waals surface area contributed by atoms with Gasteiger partial charge in [-0.2, -0.15) is 0 Å². The quantitative estimate of drug-likeness (QED) is 0.629. The highest BCUT2D eigenvalue weighted by Gasteiger charge is 2.24. The average Bonchev–Trinajstić information content (AvgIpc) is 2.58. The van der Waals surface area contributed by atoms with Crippen LogP contribution in [-0.2, 0) is 6.42 Å². The number of nitrogens with one attached hydrogen (secondary N) is 2. The van der Waals surface area contributed by atoms with E-state index in [1.165, 1.54) is 0 Å². The number of benzene rings is 1. The van der Waals surface area contributed by atoms with Gasteiger partial charge in [0, 0.05) is 18.0 Å². The Bertz CT molecular complexity index is 744. The van der Waals surface area contributed by atoms with Crippen LogP contribution in [0.3, 0.4) is 0 Å². The number of hydrogen-bond donors (Lipinski definition) is 2. The van der Waals surface area contributed by atoms with Crippen molar-refractivity contribution in [3.8, 4) is 5.75 Å². The average molecular weight is 336 g/mol. The SMILES string of the molecule is COc1cccc2[nH]c(=O)c3c(c12)N(CNCCCCl)CCC3. The van der Waals surface area contributed by atoms with Gasteiger partial charge < -0.3 is 14.6 Å². The van der Waals surface area contributed by atoms with Crippen molar-refractivity contribution in [3.63, 3.8) is 0 Å². The van der Waals surface area contributed by atoms with Crippen molar-refractivity contribution >= 4 is 28.2 Å². The van der Waals surface area contributed by atoms with Gasteiger partial charge in [0.2, 0.25) is 0 Å². The molecule has 5 nitrogen and oxygen atoms in total. The van der Waals surface area contributed by atoms with E-state index in [9.17, 15) is 4.79 Å². The first-order valence-electron chi connectivity index (χ1n) is 7.99. The first-order chi connectivity index (χ1) is 11.3. The number of aromatic nitrogens is 1. The molecule has 2 aromatic rings. The predicted octanol–water partition coefficient (Wildman–Crippen LogP) is 2.47. The molecule has 23 heavy (non-hydrogen) atoms. The maximum atomic E-state index is 12.4. The minimum absolute atomic E-state index is 0.00575. The van der Waals surface area contributed by atoms with Crippen LogP contribution in [0.25, 0.3) is 10.9 Å². The number of rotatable bonds is 6. The third-order valence-electron chi connectivity index (χ3n) is 4.25. The van der Waals surface area contributed by atoms with Gasteiger partial charge in [-0.3, -0.25) is 10.1 Å². The lowest BCUT2D eigenvalue weighted by molar-refractivity contribution is 0.419. The number of ether oxygens (including phenoxy) is 1. The standard InChI is InChI=1S/C17H22ClN3O2/c1-23-14-7-2-6-13-15(14)16-12(17(22)20-13)5-3-10-21(16)11-19-9-4-8-18/h2,6-7,19H,3-5,8-11H2,1H3,(H,20,22). The number of anilines is 1. The van der Waals surface area contributed by atoms with Crippen LogP contribution in [0.1, 0.15) is 18.4 Å². The Balaban J connectivity index is 2.06. The molecule has 2 N–H and O–H groups in total. The summed E-state index contributed by atoms with van der Waals surface area (Å²) in [7, 11) is 1.66. The van der Waals surface area contributed by atoms with Gasteiger partial charge in [0.15, 0.2) is 0 Å². The van der Waals surface area contributed by atoms with Crippen LogP contribution < -0.4 is 20.5 Å². The summed E-state index contributed by atoms with van der Waals surface area (Å²) in [5.41, 5.74) is 2.69. The normalized spacial score (nSPS) is 14.1. The van der Waals surface area contributed by atoms with E-state index in [4.69, 9.17) is 16.3 Å². The minimum Gasteiger partial charge on any atom is -0.496 e. The van der Waals surface area contributed by atoms with Crippen molar-refractivity contribution in [2.75, 3.05) is 37.6 Å². The van der Waals surface area contributed by atoms with Crippen LogP contribution in [0.2, 0.25) is 0 Å². The maximum absolute atomic E-state index is 12.4. The van der Waals surface area contributed by atoms with Gasteiger partial charge >= 0.3 is 0 Å². The summed E-state index contributed by atoms with van der Waals surface area (Å²) in [6.45, 7) is 2.51. The van der Waals surface area contributed by atoms with E-state index in [0.29, 0.717) is 12.5 Å². The molecule has 124 valence electrons. The number of fused-ring (bicyclic) bond motifs is 3. The number of H-pyrrole nitrogens is 1. The molecular weight excluding hydrogens is 314 g/mol. The van der Waals surface area contributed by atoms with Gasteiger partial charge in [0.1, 0.15) is 5.75 Å². The molecule has 0 amide bonds. The van der Waals surface area contributed by atoms with Crippen molar-refractivity contribution in [3.05, 3.63) is 34.1 Å². The predicted molar refractivity (Wildman–Crippen MR) is 95.0 cm³/mol. The van der Waals surface area contributed by atoms with Crippen LogP contribution in [0.15, 0.2) is 23.0 Å². The lowest BCUT2D eigenvalue weighted by Gasteiger charge is -2.32. The molecule has 0 fully saturated rings. The van der Waals surface area contributed by atoms with E-state index in [2.05, 4.69) is 15.2 Å². The van der Waals surface area contributed by atoms with Crippen molar-refractivity contribution in [2.45, 2.75) is 19.3 Å². The Morgan fingerprint density at radius 1 is 1.43 bits per heavy atom. The van der Waals surface area contributed by atoms with Crippen LogP contribution in [-0.4, -0.2) is 37.7 Å². The lowest BCUT2D eigenvalue weighted by atomic mass is 9.99. The van der Waals surface area contributed by atoms with Crippen molar-refractivity contribution in [2.24, 2.45) is 0 Å². The molecule has 1 aromatic heterocycles. The molecular formula is C17H22ClN3O2. The highest BCUT2D eigenvalue weighted by Crippen LogP contribution is 2.37. The fraction of sp³-hybridized carbons (Fsp3) is 0.471. The molecule has 0 saturated heterocycles. The molecule has 0 unspecified atom stereocenters. The van der Waals surface area contributed by atoms with E-state index in [0.717, 1.165) is 60.3 Å². The zero-order valence-corrected chi connectivity index (χ0v) is 14.1. The number of pyridine rings is 1. The van der Waals surface area contributed by atoms with Gasteiger partial charge in [-0.1, -0.05) is 6.07 Å². The molecule has 1 aliphatic rings. The second kappa shape index (κ2) is 7.23. The second-order valence-corrected chi connectivity index (χ2v) is 6.11. The lowest BCUT2D eigenvalue weighted by Crippen LogP contribution is -2.40. The van der Waals surface area contributed by atoms with E-state index in [1.54, 1.807) is 7.11 Å². The largest absolute Gasteiger partial charge is 0.496 e. The van der Waals surface area contributed by atoms with Gasteiger partial charge in [-0.05, 0) is 37.9 Å². The maximum Gasteiger partial charge on any atom is 0.253 e. The molecule has 0 bridgehead atoms. The van der Waals surface area contributed by atoms with Crippen molar-refractivity contribution in [1.82, 2.24) is 10.3 Å². The molecule has 0 radical (unpaired) electrons. The summed E-state index contributed by atoms with van der Waals surface area (Å²) in [5, 5.41) is 4.40. The monoisotopic (exact) mass is 335 g/mol. The summed E-state index contributed by atoms with van der Waals surface area (Å²) in [6.07, 6.45) is 2.71. The van der Waals surface area contributed by atoms with Gasteiger partial charge in [-0.15, -0.1) is 11.6 Å². The molecule has 0 spiro atoms. The Labute approximate surface area is 140 Å². The van der Waals surface area contributed by atoms with Gasteiger partial charge in [0.25, 0.3) is 5.56 Å². The van der Waals surface area contributed by atoms with Gasteiger partial charge in [-0.25, -0.2) is 0 Å². The first-order valence-corrected chi connectivity index (χ1v) is 8.53. The molecule has 0 atom stereocenters. The zero-order chi connectivity index (χ0) is 16.2. The molecule has 1 aromatic carbocycles. The summed E-state index contributed by atoms with van der Waals surface area (Å²) in [4.78, 5) is 17.7. The smallest absolute Gasteiger partial charge is 0.253 e. The Hall–Kier alpha value is -1.72. The Morgan fingerprint density at radius 2 is 2.30 bits per heavy atom. The number of nitrogens with zero attached hydrogens (tertiary/aromatic N) is 1. The fourth-order valence-corrected chi connectivity index (χ4v) is 3.34. The summed E-state index contributed by atoms with van der Waals surface area (Å²) >= 11 is 5.73. The number of hydrogen-bond acceptors (Lipinski definition) is 4. The Morgan fingerprint density at radius 3 is 3.09 bits per heavy atom. The van der Waals surface area contributed by atoms with Crippen LogP contribution >= 0.6 is 11.6 Å². The fourth-order valence-electron chi connectivity index (χ4n) is 3.21. The number of aromatic amines is 1. The Kier molecular flexibility index (Phi) is 5.08. The van der Waals surface area contributed by atoms with Crippen molar-refractivity contribution < 1.29 is 4.74 Å². The van der Waals surface area contributed by atoms with E-state index in [-0.39, 0.29) is 5.56 Å². The first kappa shape index (κ1) is 16.1. The highest BCUT2D eigenvalue weighted by atomic mass is 35.5. The summed E-state index contributed by atoms with van der Waals surface area (Å²) in [6, 6.07) is 5.76. The van der Waals surface area contributed by atoms with Gasteiger partial charge in [0.05, 0.1) is 30.4 Å². The van der Waals surface area contributed by atoms with Crippen LogP contribution in [0, 0.1) is 0 Å². The van der Waals surface area contributed by atoms with E-state index in [1.807, 2.05) is 18.2 Å². The summed E-state index contributed by atoms with van der Waals surface area (Å²) < 4.78 is 5.54. The van der Waals surface area contributed by atoms with E-state index >= 15 is 0 Å². The summed E-state index contributed by atoms with van der Waals surface area (Å²) in [5.74, 6) is 1.45. The molecule has 0 saturated carbocycles. The van der Waals surface area contributed by atoms with Crippen molar-refractivity contribution in [1.29, 1.82) is 0 Å². The van der Waals surface area contributed by atoms with Crippen LogP contribution in [0.5, 0.6) is 5.75 Å². The van der Waals surface area contributed by atoms with Crippen LogP contribution in [0.4, 0.5) is 5.69 Å². The number of alkyl halides is 1. The highest BCUT2D eigenvalue weighted by molar-refractivity contribution is 6.17.